The van der Waals surface area contributed by atoms with Gasteiger partial charge in [-0.2, -0.15) is 0 Å². The Morgan fingerprint density at radius 2 is 2.20 bits per heavy atom. The van der Waals surface area contributed by atoms with Crippen LogP contribution in [0, 0.1) is 0 Å². The summed E-state index contributed by atoms with van der Waals surface area (Å²) in [6.07, 6.45) is 3.52. The lowest BCUT2D eigenvalue weighted by Crippen LogP contribution is -2.50. The predicted octanol–water partition coefficient (Wildman–Crippen LogP) is 1.26. The number of carbonyl (C=O) groups excluding carboxylic acids is 1. The van der Waals surface area contributed by atoms with Crippen molar-refractivity contribution in [2.75, 3.05) is 26.2 Å². The highest BCUT2D eigenvalue weighted by atomic mass is 16.1. The van der Waals surface area contributed by atoms with Crippen LogP contribution in [0.3, 0.4) is 0 Å². The molecule has 0 saturated carbocycles. The Kier molecular flexibility index (Phi) is 3.10. The van der Waals surface area contributed by atoms with Gasteiger partial charge in [0.15, 0.2) is 5.78 Å². The quantitative estimate of drug-likeness (QED) is 0.682. The van der Waals surface area contributed by atoms with Gasteiger partial charge in [0, 0.05) is 43.9 Å². The third-order valence-corrected chi connectivity index (χ3v) is 3.53. The number of rotatable bonds is 2. The fourth-order valence-corrected chi connectivity index (χ4v) is 2.56. The molecule has 0 amide bonds. The fraction of sp³-hybridized carbons (Fsp3) is 0.750. The molecule has 1 saturated heterocycles. The second kappa shape index (κ2) is 4.35. The largest absolute Gasteiger partial charge is 0.372 e. The van der Waals surface area contributed by atoms with Crippen molar-refractivity contribution in [2.45, 2.75) is 32.7 Å². The Bertz CT molecular complexity index is 285. The summed E-state index contributed by atoms with van der Waals surface area (Å²) in [5.74, 6) is 0.301. The van der Waals surface area contributed by atoms with Crippen LogP contribution in [0.4, 0.5) is 0 Å². The van der Waals surface area contributed by atoms with E-state index in [1.165, 1.54) is 5.70 Å². The summed E-state index contributed by atoms with van der Waals surface area (Å²) >= 11 is 0. The van der Waals surface area contributed by atoms with Crippen LogP contribution >= 0.6 is 0 Å². The monoisotopic (exact) mass is 208 g/mol. The van der Waals surface area contributed by atoms with Crippen LogP contribution in [0.2, 0.25) is 0 Å². The number of piperazine rings is 1. The zero-order valence-electron chi connectivity index (χ0n) is 9.70. The molecule has 0 N–H and O–H groups in total. The molecule has 84 valence electrons. The second-order valence-corrected chi connectivity index (χ2v) is 4.53. The smallest absolute Gasteiger partial charge is 0.157 e. The third-order valence-electron chi connectivity index (χ3n) is 3.53. The minimum Gasteiger partial charge on any atom is -0.372 e. The van der Waals surface area contributed by atoms with Crippen molar-refractivity contribution in [2.24, 2.45) is 0 Å². The maximum Gasteiger partial charge on any atom is 0.157 e. The zero-order chi connectivity index (χ0) is 10.8. The number of carbonyl (C=O) groups is 1. The fourth-order valence-electron chi connectivity index (χ4n) is 2.56. The highest BCUT2D eigenvalue weighted by molar-refractivity contribution is 5.92. The molecule has 3 heteroatoms. The maximum atomic E-state index is 11.2. The Balaban J connectivity index is 1.96. The first-order valence-electron chi connectivity index (χ1n) is 5.93. The van der Waals surface area contributed by atoms with Gasteiger partial charge >= 0.3 is 0 Å². The van der Waals surface area contributed by atoms with Gasteiger partial charge in [-0.25, -0.2) is 0 Å². The van der Waals surface area contributed by atoms with Crippen LogP contribution in [0.15, 0.2) is 11.8 Å². The van der Waals surface area contributed by atoms with Gasteiger partial charge in [0.25, 0.3) is 0 Å². The van der Waals surface area contributed by atoms with Gasteiger partial charge in [-0.3, -0.25) is 9.69 Å². The Morgan fingerprint density at radius 1 is 1.40 bits per heavy atom. The molecule has 1 atom stereocenters. The minimum atomic E-state index is 0.301. The summed E-state index contributed by atoms with van der Waals surface area (Å²) in [6.45, 7) is 8.90. The molecule has 0 aromatic rings. The van der Waals surface area contributed by atoms with E-state index in [9.17, 15) is 4.79 Å². The zero-order valence-corrected chi connectivity index (χ0v) is 9.70. The molecular weight excluding hydrogens is 188 g/mol. The number of ketones is 1. The molecule has 2 rings (SSSR count). The van der Waals surface area contributed by atoms with Gasteiger partial charge in [-0.05, 0) is 19.9 Å². The van der Waals surface area contributed by atoms with Crippen molar-refractivity contribution in [1.82, 2.24) is 9.80 Å². The predicted molar refractivity (Wildman–Crippen MR) is 60.6 cm³/mol. The summed E-state index contributed by atoms with van der Waals surface area (Å²) in [7, 11) is 0. The van der Waals surface area contributed by atoms with Gasteiger partial charge in [0.2, 0.25) is 0 Å². The van der Waals surface area contributed by atoms with Gasteiger partial charge in [0.1, 0.15) is 0 Å². The van der Waals surface area contributed by atoms with E-state index in [0.29, 0.717) is 11.8 Å². The molecule has 15 heavy (non-hydrogen) atoms. The van der Waals surface area contributed by atoms with E-state index in [1.807, 2.05) is 6.08 Å². The van der Waals surface area contributed by atoms with Gasteiger partial charge in [-0.1, -0.05) is 6.92 Å². The SMILES string of the molecule is CCN1CCN(C2=CC(=O)CC2)CC1C. The average molecular weight is 208 g/mol. The van der Waals surface area contributed by atoms with Crippen LogP contribution < -0.4 is 0 Å². The van der Waals surface area contributed by atoms with Gasteiger partial charge < -0.3 is 4.90 Å². The number of hydrogen-bond donors (Lipinski definition) is 0. The lowest BCUT2D eigenvalue weighted by Gasteiger charge is -2.41. The molecule has 1 heterocycles. The third kappa shape index (κ3) is 2.23. The standard InChI is InChI=1S/C12H20N2O/c1-3-13-6-7-14(9-10(13)2)11-4-5-12(15)8-11/h8,10H,3-7,9H2,1-2H3. The highest BCUT2D eigenvalue weighted by Crippen LogP contribution is 2.22. The Labute approximate surface area is 91.7 Å². The van der Waals surface area contributed by atoms with Gasteiger partial charge in [0.05, 0.1) is 0 Å². The number of hydrogen-bond acceptors (Lipinski definition) is 3. The lowest BCUT2D eigenvalue weighted by molar-refractivity contribution is -0.114. The number of allylic oxidation sites excluding steroid dienone is 2. The Morgan fingerprint density at radius 3 is 2.73 bits per heavy atom. The molecule has 3 nitrogen and oxygen atoms in total. The number of nitrogens with zero attached hydrogens (tertiary/aromatic N) is 2. The van der Waals surface area contributed by atoms with Crippen LogP contribution in [0.25, 0.3) is 0 Å². The Hall–Kier alpha value is -0.830. The first kappa shape index (κ1) is 10.7. The van der Waals surface area contributed by atoms with E-state index < -0.39 is 0 Å². The molecule has 1 unspecified atom stereocenters. The molecule has 0 spiro atoms. The highest BCUT2D eigenvalue weighted by Gasteiger charge is 2.25. The lowest BCUT2D eigenvalue weighted by atomic mass is 10.1. The maximum absolute atomic E-state index is 11.2. The van der Waals surface area contributed by atoms with Crippen LogP contribution in [0.1, 0.15) is 26.7 Å². The van der Waals surface area contributed by atoms with E-state index >= 15 is 0 Å². The second-order valence-electron chi connectivity index (χ2n) is 4.53. The molecule has 2 aliphatic rings. The summed E-state index contributed by atoms with van der Waals surface area (Å²) in [4.78, 5) is 16.1. The summed E-state index contributed by atoms with van der Waals surface area (Å²) < 4.78 is 0. The van der Waals surface area contributed by atoms with Crippen molar-refractivity contribution in [3.8, 4) is 0 Å². The molecular formula is C12H20N2O. The number of likely N-dealkylation sites (N-methyl/N-ethyl adjacent to an activating group) is 1. The topological polar surface area (TPSA) is 23.6 Å². The average Bonchev–Trinajstić information content (AvgIpc) is 2.65. The summed E-state index contributed by atoms with van der Waals surface area (Å²) in [6, 6.07) is 0.611. The molecule has 0 bridgehead atoms. The first-order valence-corrected chi connectivity index (χ1v) is 5.93. The first-order chi connectivity index (χ1) is 7.20. The molecule has 1 fully saturated rings. The van der Waals surface area contributed by atoms with E-state index in [4.69, 9.17) is 0 Å². The van der Waals surface area contributed by atoms with E-state index in [2.05, 4.69) is 23.6 Å². The normalized spacial score (nSPS) is 28.4. The van der Waals surface area contributed by atoms with Gasteiger partial charge in [-0.15, -0.1) is 0 Å². The summed E-state index contributed by atoms with van der Waals surface area (Å²) in [5, 5.41) is 0. The van der Waals surface area contributed by atoms with Crippen molar-refractivity contribution < 1.29 is 4.79 Å². The van der Waals surface area contributed by atoms with Crippen molar-refractivity contribution in [3.05, 3.63) is 11.8 Å². The minimum absolute atomic E-state index is 0.301. The molecule has 0 aromatic heterocycles. The molecule has 0 radical (unpaired) electrons. The molecule has 0 aromatic carbocycles. The van der Waals surface area contributed by atoms with E-state index in [1.54, 1.807) is 0 Å². The van der Waals surface area contributed by atoms with Crippen LogP contribution in [0.5, 0.6) is 0 Å². The van der Waals surface area contributed by atoms with Crippen molar-refractivity contribution in [1.29, 1.82) is 0 Å². The van der Waals surface area contributed by atoms with E-state index in [-0.39, 0.29) is 0 Å². The molecule has 1 aliphatic carbocycles. The van der Waals surface area contributed by atoms with Crippen molar-refractivity contribution >= 4 is 5.78 Å². The van der Waals surface area contributed by atoms with Crippen LogP contribution in [-0.4, -0.2) is 47.8 Å². The van der Waals surface area contributed by atoms with Crippen LogP contribution in [-0.2, 0) is 4.79 Å². The van der Waals surface area contributed by atoms with Crippen molar-refractivity contribution in [3.63, 3.8) is 0 Å². The molecule has 1 aliphatic heterocycles. The van der Waals surface area contributed by atoms with E-state index in [0.717, 1.165) is 39.0 Å². The summed E-state index contributed by atoms with van der Waals surface area (Å²) in [5.41, 5.74) is 1.27.